The maximum absolute atomic E-state index is 12.6. The van der Waals surface area contributed by atoms with Crippen LogP contribution in [0.15, 0.2) is 36.7 Å². The van der Waals surface area contributed by atoms with Crippen molar-refractivity contribution in [3.8, 4) is 0 Å². The summed E-state index contributed by atoms with van der Waals surface area (Å²) >= 11 is 0. The first-order valence-corrected chi connectivity index (χ1v) is 9.41. The van der Waals surface area contributed by atoms with E-state index >= 15 is 0 Å². The van der Waals surface area contributed by atoms with Crippen LogP contribution in [0.2, 0.25) is 0 Å². The van der Waals surface area contributed by atoms with Crippen LogP contribution in [-0.4, -0.2) is 43.4 Å². The second kappa shape index (κ2) is 7.32. The number of hydrogen-bond acceptors (Lipinski definition) is 3. The van der Waals surface area contributed by atoms with Gasteiger partial charge in [-0.15, -0.1) is 0 Å². The second-order valence-corrected chi connectivity index (χ2v) is 7.09. The third kappa shape index (κ3) is 3.49. The van der Waals surface area contributed by atoms with E-state index in [9.17, 15) is 4.79 Å². The van der Waals surface area contributed by atoms with E-state index in [-0.39, 0.29) is 5.91 Å². The number of aromatic nitrogens is 4. The smallest absolute Gasteiger partial charge is 0.222 e. The molecule has 136 valence electrons. The number of imidazole rings is 2. The third-order valence-electron chi connectivity index (χ3n) is 5.28. The quantitative estimate of drug-likeness (QED) is 0.767. The molecule has 1 aliphatic rings. The molecule has 2 aromatic heterocycles. The zero-order chi connectivity index (χ0) is 17.9. The van der Waals surface area contributed by atoms with Crippen molar-refractivity contribution in [1.82, 2.24) is 24.4 Å². The zero-order valence-electron chi connectivity index (χ0n) is 15.2. The summed E-state index contributed by atoms with van der Waals surface area (Å²) < 4.78 is 2.10. The summed E-state index contributed by atoms with van der Waals surface area (Å²) in [5.41, 5.74) is 2.07. The van der Waals surface area contributed by atoms with Crippen LogP contribution in [-0.2, 0) is 11.3 Å². The van der Waals surface area contributed by atoms with Gasteiger partial charge in [0.25, 0.3) is 0 Å². The van der Waals surface area contributed by atoms with Gasteiger partial charge in [0.2, 0.25) is 5.91 Å². The lowest BCUT2D eigenvalue weighted by atomic mass is 9.97. The van der Waals surface area contributed by atoms with Gasteiger partial charge in [-0.1, -0.05) is 12.1 Å². The van der Waals surface area contributed by atoms with Crippen molar-refractivity contribution in [1.29, 1.82) is 0 Å². The highest BCUT2D eigenvalue weighted by Gasteiger charge is 2.26. The molecule has 6 heteroatoms. The van der Waals surface area contributed by atoms with Crippen LogP contribution >= 0.6 is 0 Å². The van der Waals surface area contributed by atoms with Crippen molar-refractivity contribution >= 4 is 16.9 Å². The van der Waals surface area contributed by atoms with Crippen LogP contribution in [0.3, 0.4) is 0 Å². The number of aromatic amines is 1. The minimum atomic E-state index is 0.253. The summed E-state index contributed by atoms with van der Waals surface area (Å²) in [4.78, 5) is 27.0. The van der Waals surface area contributed by atoms with Gasteiger partial charge in [0.15, 0.2) is 0 Å². The predicted molar refractivity (Wildman–Crippen MR) is 101 cm³/mol. The summed E-state index contributed by atoms with van der Waals surface area (Å²) in [6, 6.07) is 8.10. The minimum Gasteiger partial charge on any atom is -0.342 e. The summed E-state index contributed by atoms with van der Waals surface area (Å²) in [6.07, 6.45) is 7.33. The molecular weight excluding hydrogens is 326 g/mol. The highest BCUT2D eigenvalue weighted by Crippen LogP contribution is 2.27. The lowest BCUT2D eigenvalue weighted by molar-refractivity contribution is -0.132. The molecule has 0 radical (unpaired) electrons. The average molecular weight is 351 g/mol. The SMILES string of the molecule is Cc1nccn1CCCC(=O)N1CCCC(c2nc3ccccc3[nH]2)C1. The number of benzene rings is 1. The molecule has 0 saturated carbocycles. The van der Waals surface area contributed by atoms with Gasteiger partial charge in [0, 0.05) is 44.4 Å². The number of aryl methyl sites for hydroxylation is 2. The molecule has 0 bridgehead atoms. The standard InChI is InChI=1S/C20H25N5O/c1-15-21-10-13-24(15)11-5-9-19(26)25-12-4-6-16(14-25)20-22-17-7-2-3-8-18(17)23-20/h2-3,7-8,10,13,16H,4-6,9,11-12,14H2,1H3,(H,22,23). The van der Waals surface area contributed by atoms with Crippen molar-refractivity contribution < 1.29 is 4.79 Å². The number of piperidine rings is 1. The summed E-state index contributed by atoms with van der Waals surface area (Å²) in [7, 11) is 0. The lowest BCUT2D eigenvalue weighted by Gasteiger charge is -2.32. The van der Waals surface area contributed by atoms with Crippen LogP contribution in [0, 0.1) is 6.92 Å². The molecule has 1 aromatic carbocycles. The van der Waals surface area contributed by atoms with E-state index in [1.54, 1.807) is 6.20 Å². The predicted octanol–water partition coefficient (Wildman–Crippen LogP) is 3.25. The molecule has 3 heterocycles. The molecule has 1 aliphatic heterocycles. The fourth-order valence-corrected chi connectivity index (χ4v) is 3.79. The Hall–Kier alpha value is -2.63. The third-order valence-corrected chi connectivity index (χ3v) is 5.28. The van der Waals surface area contributed by atoms with Gasteiger partial charge >= 0.3 is 0 Å². The maximum atomic E-state index is 12.6. The lowest BCUT2D eigenvalue weighted by Crippen LogP contribution is -2.39. The molecule has 3 aromatic rings. The van der Waals surface area contributed by atoms with E-state index in [2.05, 4.69) is 20.6 Å². The van der Waals surface area contributed by atoms with Gasteiger partial charge in [-0.05, 0) is 38.3 Å². The topological polar surface area (TPSA) is 66.8 Å². The Bertz CT molecular complexity index is 863. The van der Waals surface area contributed by atoms with Crippen LogP contribution < -0.4 is 0 Å². The van der Waals surface area contributed by atoms with Crippen molar-refractivity contribution in [2.75, 3.05) is 13.1 Å². The first-order valence-electron chi connectivity index (χ1n) is 9.41. The van der Waals surface area contributed by atoms with Gasteiger partial charge < -0.3 is 14.5 Å². The minimum absolute atomic E-state index is 0.253. The Morgan fingerprint density at radius 2 is 2.23 bits per heavy atom. The number of nitrogens with one attached hydrogen (secondary N) is 1. The number of likely N-dealkylation sites (tertiary alicyclic amines) is 1. The fourth-order valence-electron chi connectivity index (χ4n) is 3.79. The van der Waals surface area contributed by atoms with Gasteiger partial charge in [0.1, 0.15) is 11.6 Å². The second-order valence-electron chi connectivity index (χ2n) is 7.09. The van der Waals surface area contributed by atoms with Crippen LogP contribution in [0.5, 0.6) is 0 Å². The van der Waals surface area contributed by atoms with Gasteiger partial charge in [-0.3, -0.25) is 4.79 Å². The van der Waals surface area contributed by atoms with E-state index in [4.69, 9.17) is 4.98 Å². The highest BCUT2D eigenvalue weighted by molar-refractivity contribution is 5.76. The molecule has 1 fully saturated rings. The number of hydrogen-bond donors (Lipinski definition) is 1. The molecule has 1 amide bonds. The molecule has 4 rings (SSSR count). The van der Waals surface area contributed by atoms with Crippen LogP contribution in [0.1, 0.15) is 43.3 Å². The number of carbonyl (C=O) groups is 1. The largest absolute Gasteiger partial charge is 0.342 e. The molecule has 0 spiro atoms. The molecule has 1 saturated heterocycles. The fraction of sp³-hybridized carbons (Fsp3) is 0.450. The average Bonchev–Trinajstić information content (AvgIpc) is 3.28. The Labute approximate surface area is 153 Å². The number of para-hydroxylation sites is 2. The molecule has 6 nitrogen and oxygen atoms in total. The molecule has 1 unspecified atom stereocenters. The highest BCUT2D eigenvalue weighted by atomic mass is 16.2. The van der Waals surface area contributed by atoms with Crippen molar-refractivity contribution in [2.45, 2.75) is 45.1 Å². The number of fused-ring (bicyclic) bond motifs is 1. The van der Waals surface area contributed by atoms with Crippen molar-refractivity contribution in [3.63, 3.8) is 0 Å². The molecule has 1 atom stereocenters. The van der Waals surface area contributed by atoms with Gasteiger partial charge in [-0.25, -0.2) is 9.97 Å². The Balaban J connectivity index is 1.35. The number of H-pyrrole nitrogens is 1. The maximum Gasteiger partial charge on any atom is 0.222 e. The van der Waals surface area contributed by atoms with E-state index in [0.717, 1.165) is 61.6 Å². The number of rotatable bonds is 5. The van der Waals surface area contributed by atoms with Gasteiger partial charge in [-0.2, -0.15) is 0 Å². The Kier molecular flexibility index (Phi) is 4.73. The first-order chi connectivity index (χ1) is 12.7. The summed E-state index contributed by atoms with van der Waals surface area (Å²) in [5, 5.41) is 0. The van der Waals surface area contributed by atoms with E-state index in [1.807, 2.05) is 36.2 Å². The van der Waals surface area contributed by atoms with E-state index < -0.39 is 0 Å². The van der Waals surface area contributed by atoms with Crippen molar-refractivity contribution in [2.24, 2.45) is 0 Å². The number of nitrogens with zero attached hydrogens (tertiary/aromatic N) is 4. The molecule has 26 heavy (non-hydrogen) atoms. The van der Waals surface area contributed by atoms with Crippen molar-refractivity contribution in [3.05, 3.63) is 48.3 Å². The first kappa shape index (κ1) is 16.8. The zero-order valence-corrected chi connectivity index (χ0v) is 15.2. The van der Waals surface area contributed by atoms with Gasteiger partial charge in [0.05, 0.1) is 11.0 Å². The van der Waals surface area contributed by atoms with Crippen LogP contribution in [0.25, 0.3) is 11.0 Å². The molecule has 0 aliphatic carbocycles. The summed E-state index contributed by atoms with van der Waals surface area (Å²) in [5.74, 6) is 2.57. The monoisotopic (exact) mass is 351 g/mol. The summed E-state index contributed by atoms with van der Waals surface area (Å²) in [6.45, 7) is 4.46. The Morgan fingerprint density at radius 3 is 3.04 bits per heavy atom. The van der Waals surface area contributed by atoms with E-state index in [1.165, 1.54) is 0 Å². The molecule has 1 N–H and O–H groups in total. The van der Waals surface area contributed by atoms with E-state index in [0.29, 0.717) is 12.3 Å². The molecular formula is C20H25N5O. The Morgan fingerprint density at radius 1 is 1.35 bits per heavy atom. The van der Waals surface area contributed by atoms with Crippen LogP contribution in [0.4, 0.5) is 0 Å². The number of amides is 1. The normalized spacial score (nSPS) is 17.7. The number of carbonyl (C=O) groups excluding carboxylic acids is 1.